The van der Waals surface area contributed by atoms with Crippen molar-refractivity contribution >= 4 is 29.7 Å². The van der Waals surface area contributed by atoms with Gasteiger partial charge in [-0.3, -0.25) is 9.59 Å². The molecule has 1 aliphatic heterocycles. The van der Waals surface area contributed by atoms with Crippen LogP contribution in [-0.2, 0) is 14.3 Å². The number of nitrogens with zero attached hydrogens (tertiary/aromatic N) is 1. The largest absolute Gasteiger partial charge is 0.481 e. The Hall–Kier alpha value is -3.00. The molecular weight excluding hydrogens is 452 g/mol. The first-order valence-electron chi connectivity index (χ1n) is 11.6. The summed E-state index contributed by atoms with van der Waals surface area (Å²) >= 11 is 1.45. The van der Waals surface area contributed by atoms with Gasteiger partial charge in [-0.15, -0.1) is 0 Å². The number of ether oxygens (including phenoxy) is 1. The molecule has 1 fully saturated rings. The molecule has 1 heterocycles. The van der Waals surface area contributed by atoms with E-state index in [0.29, 0.717) is 37.6 Å². The van der Waals surface area contributed by atoms with Crippen LogP contribution in [0.4, 0.5) is 4.79 Å². The van der Waals surface area contributed by atoms with Gasteiger partial charge in [-0.1, -0.05) is 55.5 Å². The lowest BCUT2D eigenvalue weighted by Gasteiger charge is -2.34. The van der Waals surface area contributed by atoms with Gasteiger partial charge < -0.3 is 20.1 Å². The minimum atomic E-state index is -0.784. The molecule has 0 bridgehead atoms. The number of rotatable bonds is 8. The number of carbonyl (C=O) groups excluding carboxylic acids is 2. The van der Waals surface area contributed by atoms with E-state index in [4.69, 9.17) is 4.74 Å². The van der Waals surface area contributed by atoms with Gasteiger partial charge in [-0.25, -0.2) is 4.79 Å². The third-order valence-electron chi connectivity index (χ3n) is 6.66. The number of nitrogens with one attached hydrogen (secondary N) is 1. The highest BCUT2D eigenvalue weighted by molar-refractivity contribution is 7.99. The Morgan fingerprint density at radius 1 is 1.09 bits per heavy atom. The number of hydrogen-bond acceptors (Lipinski definition) is 5. The summed E-state index contributed by atoms with van der Waals surface area (Å²) in [6, 6.07) is 16.4. The third-order valence-corrected chi connectivity index (χ3v) is 7.60. The number of hydrogen-bond donors (Lipinski definition) is 2. The first-order valence-corrected chi connectivity index (χ1v) is 12.8. The summed E-state index contributed by atoms with van der Waals surface area (Å²) in [5.41, 5.74) is 4.73. The second-order valence-corrected chi connectivity index (χ2v) is 9.96. The molecule has 0 spiro atoms. The number of carboxylic acid groups (broad SMARTS) is 1. The topological polar surface area (TPSA) is 95.9 Å². The molecule has 0 aromatic heterocycles. The maximum atomic E-state index is 12.4. The quantitative estimate of drug-likeness (QED) is 0.556. The van der Waals surface area contributed by atoms with E-state index < -0.39 is 12.1 Å². The van der Waals surface area contributed by atoms with Gasteiger partial charge >= 0.3 is 12.1 Å². The molecule has 0 saturated carbocycles. The number of carbonyl (C=O) groups is 3. The highest BCUT2D eigenvalue weighted by Crippen LogP contribution is 2.44. The normalized spacial score (nSPS) is 19.3. The summed E-state index contributed by atoms with van der Waals surface area (Å²) in [6.45, 7) is 3.53. The van der Waals surface area contributed by atoms with Crippen LogP contribution in [0.3, 0.4) is 0 Å². The second-order valence-electron chi connectivity index (χ2n) is 8.86. The monoisotopic (exact) mass is 482 g/mol. The summed E-state index contributed by atoms with van der Waals surface area (Å²) in [5, 5.41) is 12.0. The second kappa shape index (κ2) is 11.0. The predicted octanol–water partition coefficient (Wildman–Crippen LogP) is 3.83. The van der Waals surface area contributed by atoms with Gasteiger partial charge in [0.2, 0.25) is 5.91 Å². The molecule has 2 amide bonds. The lowest BCUT2D eigenvalue weighted by Crippen LogP contribution is -2.45. The average molecular weight is 483 g/mol. The lowest BCUT2D eigenvalue weighted by atomic mass is 9.87. The van der Waals surface area contributed by atoms with Gasteiger partial charge in [0.1, 0.15) is 6.61 Å². The molecule has 2 aliphatic rings. The Morgan fingerprint density at radius 3 is 2.35 bits per heavy atom. The Balaban J connectivity index is 1.16. The van der Waals surface area contributed by atoms with Gasteiger partial charge in [0.05, 0.1) is 11.7 Å². The van der Waals surface area contributed by atoms with E-state index in [1.807, 2.05) is 31.2 Å². The maximum absolute atomic E-state index is 12.4. The molecule has 0 radical (unpaired) electrons. The van der Waals surface area contributed by atoms with E-state index in [2.05, 4.69) is 29.6 Å². The molecular formula is C26H30N2O5S. The maximum Gasteiger partial charge on any atom is 0.407 e. The van der Waals surface area contributed by atoms with E-state index >= 15 is 0 Å². The van der Waals surface area contributed by atoms with Crippen LogP contribution in [0.25, 0.3) is 11.1 Å². The van der Waals surface area contributed by atoms with Gasteiger partial charge in [-0.2, -0.15) is 11.8 Å². The zero-order chi connectivity index (χ0) is 24.1. The highest BCUT2D eigenvalue weighted by Gasteiger charge is 2.33. The Morgan fingerprint density at radius 2 is 1.74 bits per heavy atom. The van der Waals surface area contributed by atoms with Crippen molar-refractivity contribution in [3.63, 3.8) is 0 Å². The van der Waals surface area contributed by atoms with Crippen molar-refractivity contribution < 1.29 is 24.2 Å². The standard InChI is InChI=1S/C26H30N2O5S/c1-17-14-28(12-10-18(17)25(30)31)24(29)16-34-13-11-27-26(32)33-15-23-21-8-4-2-6-19(21)20-7-3-5-9-22(20)23/h2-9,17-18,23H,10-16H2,1H3,(H,27,32)(H,30,31). The van der Waals surface area contributed by atoms with Crippen LogP contribution in [-0.4, -0.2) is 65.7 Å². The number of likely N-dealkylation sites (tertiary alicyclic amines) is 1. The minimum Gasteiger partial charge on any atom is -0.481 e. The van der Waals surface area contributed by atoms with Crippen molar-refractivity contribution in [1.82, 2.24) is 10.2 Å². The number of amides is 2. The Bertz CT molecular complexity index is 1010. The first kappa shape index (κ1) is 24.1. The van der Waals surface area contributed by atoms with Crippen LogP contribution < -0.4 is 5.32 Å². The van der Waals surface area contributed by atoms with Crippen molar-refractivity contribution in [1.29, 1.82) is 0 Å². The summed E-state index contributed by atoms with van der Waals surface area (Å²) in [6.07, 6.45) is 0.0364. The molecule has 2 atom stereocenters. The molecule has 1 aliphatic carbocycles. The number of thioether (sulfide) groups is 1. The van der Waals surface area contributed by atoms with Gasteiger partial charge in [0.25, 0.3) is 0 Å². The molecule has 34 heavy (non-hydrogen) atoms. The molecule has 2 N–H and O–H groups in total. The average Bonchev–Trinajstić information content (AvgIpc) is 3.16. The van der Waals surface area contributed by atoms with E-state index in [1.165, 1.54) is 34.0 Å². The SMILES string of the molecule is CC1CN(C(=O)CSCCNC(=O)OCC2c3ccccc3-c3ccccc32)CCC1C(=O)O. The smallest absolute Gasteiger partial charge is 0.407 e. The summed E-state index contributed by atoms with van der Waals surface area (Å²) in [5.74, 6) is -0.255. The van der Waals surface area contributed by atoms with Gasteiger partial charge in [0, 0.05) is 31.3 Å². The van der Waals surface area contributed by atoms with Crippen LogP contribution in [0.1, 0.15) is 30.4 Å². The number of carboxylic acids is 1. The Labute approximate surface area is 203 Å². The molecule has 4 rings (SSSR count). The third kappa shape index (κ3) is 5.38. The summed E-state index contributed by atoms with van der Waals surface area (Å²) in [7, 11) is 0. The fraction of sp³-hybridized carbons (Fsp3) is 0.423. The van der Waals surface area contributed by atoms with Crippen LogP contribution in [0.15, 0.2) is 48.5 Å². The zero-order valence-corrected chi connectivity index (χ0v) is 20.1. The van der Waals surface area contributed by atoms with E-state index in [0.717, 1.165) is 0 Å². The van der Waals surface area contributed by atoms with Crippen molar-refractivity contribution in [2.75, 3.05) is 37.7 Å². The molecule has 2 unspecified atom stereocenters. The molecule has 8 heteroatoms. The number of piperidine rings is 1. The Kier molecular flexibility index (Phi) is 7.77. The van der Waals surface area contributed by atoms with Gasteiger partial charge in [-0.05, 0) is 34.6 Å². The van der Waals surface area contributed by atoms with E-state index in [9.17, 15) is 19.5 Å². The molecule has 2 aromatic rings. The van der Waals surface area contributed by atoms with Crippen molar-refractivity contribution in [3.8, 4) is 11.1 Å². The minimum absolute atomic E-state index is 0.0156. The fourth-order valence-corrected chi connectivity index (χ4v) is 5.61. The number of benzene rings is 2. The highest BCUT2D eigenvalue weighted by atomic mass is 32.2. The summed E-state index contributed by atoms with van der Waals surface area (Å²) in [4.78, 5) is 37.6. The van der Waals surface area contributed by atoms with Crippen LogP contribution >= 0.6 is 11.8 Å². The molecule has 180 valence electrons. The number of alkyl carbamates (subject to hydrolysis) is 1. The first-order chi connectivity index (χ1) is 16.5. The van der Waals surface area contributed by atoms with Crippen LogP contribution in [0.2, 0.25) is 0 Å². The summed E-state index contributed by atoms with van der Waals surface area (Å²) < 4.78 is 5.52. The molecule has 7 nitrogen and oxygen atoms in total. The van der Waals surface area contributed by atoms with Crippen LogP contribution in [0, 0.1) is 11.8 Å². The fourth-order valence-electron chi connectivity index (χ4n) is 4.86. The zero-order valence-electron chi connectivity index (χ0n) is 19.2. The van der Waals surface area contributed by atoms with Crippen LogP contribution in [0.5, 0.6) is 0 Å². The van der Waals surface area contributed by atoms with Crippen molar-refractivity contribution in [2.45, 2.75) is 19.3 Å². The lowest BCUT2D eigenvalue weighted by molar-refractivity contribution is -0.147. The van der Waals surface area contributed by atoms with Crippen molar-refractivity contribution in [3.05, 3.63) is 59.7 Å². The predicted molar refractivity (Wildman–Crippen MR) is 132 cm³/mol. The van der Waals surface area contributed by atoms with E-state index in [1.54, 1.807) is 4.90 Å². The molecule has 2 aromatic carbocycles. The van der Waals surface area contributed by atoms with Gasteiger partial charge in [0.15, 0.2) is 0 Å². The van der Waals surface area contributed by atoms with Crippen molar-refractivity contribution in [2.24, 2.45) is 11.8 Å². The molecule has 1 saturated heterocycles. The van der Waals surface area contributed by atoms with E-state index in [-0.39, 0.29) is 30.3 Å². The number of fused-ring (bicyclic) bond motifs is 3. The number of aliphatic carboxylic acids is 1.